The van der Waals surface area contributed by atoms with E-state index >= 15 is 0 Å². The molecule has 1 saturated heterocycles. The van der Waals surface area contributed by atoms with Crippen molar-refractivity contribution in [1.82, 2.24) is 9.97 Å². The lowest BCUT2D eigenvalue weighted by Gasteiger charge is -2.19. The number of anilines is 2. The van der Waals surface area contributed by atoms with Crippen LogP contribution in [-0.4, -0.2) is 29.6 Å². The minimum Gasteiger partial charge on any atom is -0.370 e. The van der Waals surface area contributed by atoms with Crippen molar-refractivity contribution in [1.29, 1.82) is 5.26 Å². The second-order valence-electron chi connectivity index (χ2n) is 5.20. The summed E-state index contributed by atoms with van der Waals surface area (Å²) in [5.74, 6) is 1.48. The molecule has 5 heteroatoms. The van der Waals surface area contributed by atoms with Crippen LogP contribution in [-0.2, 0) is 0 Å². The standard InChI is InChI=1S/C16H17N5/c17-9-14-11-18-7-4-15(14)21-8-5-13(12-21)10-20-16-3-1-2-6-19-16/h1-4,6-7,11,13H,5,8,10,12H2,(H,19,20). The quantitative estimate of drug-likeness (QED) is 0.930. The first kappa shape index (κ1) is 13.4. The zero-order chi connectivity index (χ0) is 14.5. The van der Waals surface area contributed by atoms with Gasteiger partial charge in [-0.05, 0) is 30.5 Å². The smallest absolute Gasteiger partial charge is 0.125 e. The normalized spacial score (nSPS) is 17.5. The molecule has 0 aliphatic carbocycles. The van der Waals surface area contributed by atoms with Gasteiger partial charge in [-0.15, -0.1) is 0 Å². The van der Waals surface area contributed by atoms with Crippen LogP contribution in [0.3, 0.4) is 0 Å². The van der Waals surface area contributed by atoms with Gasteiger partial charge in [0.1, 0.15) is 11.9 Å². The molecule has 3 heterocycles. The number of nitriles is 1. The Kier molecular flexibility index (Phi) is 3.97. The van der Waals surface area contributed by atoms with Gasteiger partial charge in [0.15, 0.2) is 0 Å². The van der Waals surface area contributed by atoms with E-state index in [9.17, 15) is 0 Å². The maximum Gasteiger partial charge on any atom is 0.125 e. The molecule has 0 amide bonds. The molecule has 1 unspecified atom stereocenters. The van der Waals surface area contributed by atoms with Crippen molar-refractivity contribution in [3.8, 4) is 6.07 Å². The first-order chi connectivity index (χ1) is 10.4. The lowest BCUT2D eigenvalue weighted by molar-refractivity contribution is 0.621. The van der Waals surface area contributed by atoms with Gasteiger partial charge < -0.3 is 10.2 Å². The molecule has 1 aliphatic heterocycles. The third kappa shape index (κ3) is 3.11. The number of aromatic nitrogens is 2. The Morgan fingerprint density at radius 3 is 3.10 bits per heavy atom. The molecule has 2 aromatic rings. The molecule has 0 bridgehead atoms. The molecule has 1 aliphatic rings. The van der Waals surface area contributed by atoms with E-state index in [1.165, 1.54) is 0 Å². The molecular weight excluding hydrogens is 262 g/mol. The Bertz CT molecular complexity index is 635. The summed E-state index contributed by atoms with van der Waals surface area (Å²) in [6.45, 7) is 2.84. The van der Waals surface area contributed by atoms with Crippen LogP contribution < -0.4 is 10.2 Å². The molecular formula is C16H17N5. The molecule has 0 radical (unpaired) electrons. The van der Waals surface area contributed by atoms with Crippen LogP contribution >= 0.6 is 0 Å². The Labute approximate surface area is 124 Å². The van der Waals surface area contributed by atoms with E-state index in [4.69, 9.17) is 5.26 Å². The molecule has 106 valence electrons. The minimum absolute atomic E-state index is 0.562. The topological polar surface area (TPSA) is 64.8 Å². The van der Waals surface area contributed by atoms with Crippen molar-refractivity contribution < 1.29 is 0 Å². The summed E-state index contributed by atoms with van der Waals surface area (Å²) in [6.07, 6.45) is 6.29. The third-order valence-electron chi connectivity index (χ3n) is 3.78. The van der Waals surface area contributed by atoms with Crippen LogP contribution in [0.5, 0.6) is 0 Å². The first-order valence-corrected chi connectivity index (χ1v) is 7.11. The summed E-state index contributed by atoms with van der Waals surface area (Å²) in [5.41, 5.74) is 1.64. The highest BCUT2D eigenvalue weighted by atomic mass is 15.2. The Morgan fingerprint density at radius 1 is 1.33 bits per heavy atom. The van der Waals surface area contributed by atoms with E-state index in [-0.39, 0.29) is 0 Å². The number of nitrogens with one attached hydrogen (secondary N) is 1. The molecule has 0 saturated carbocycles. The van der Waals surface area contributed by atoms with E-state index in [0.29, 0.717) is 11.5 Å². The van der Waals surface area contributed by atoms with Crippen LogP contribution in [0.1, 0.15) is 12.0 Å². The van der Waals surface area contributed by atoms with E-state index in [2.05, 4.69) is 26.3 Å². The summed E-state index contributed by atoms with van der Waals surface area (Å²) >= 11 is 0. The number of rotatable bonds is 4. The van der Waals surface area contributed by atoms with E-state index in [0.717, 1.165) is 37.6 Å². The molecule has 3 rings (SSSR count). The van der Waals surface area contributed by atoms with E-state index < -0.39 is 0 Å². The van der Waals surface area contributed by atoms with E-state index in [1.54, 1.807) is 18.6 Å². The molecule has 21 heavy (non-hydrogen) atoms. The largest absolute Gasteiger partial charge is 0.370 e. The highest BCUT2D eigenvalue weighted by Crippen LogP contribution is 2.26. The van der Waals surface area contributed by atoms with Crippen molar-refractivity contribution in [2.45, 2.75) is 6.42 Å². The monoisotopic (exact) mass is 279 g/mol. The molecule has 0 aromatic carbocycles. The lowest BCUT2D eigenvalue weighted by Crippen LogP contribution is -2.23. The van der Waals surface area contributed by atoms with Gasteiger partial charge in [-0.3, -0.25) is 4.98 Å². The van der Waals surface area contributed by atoms with Crippen LogP contribution in [0.2, 0.25) is 0 Å². The van der Waals surface area contributed by atoms with Gasteiger partial charge in [0.05, 0.1) is 11.3 Å². The van der Waals surface area contributed by atoms with Gasteiger partial charge in [-0.25, -0.2) is 4.98 Å². The predicted molar refractivity (Wildman–Crippen MR) is 82.0 cm³/mol. The van der Waals surface area contributed by atoms with Gasteiger partial charge in [0.2, 0.25) is 0 Å². The van der Waals surface area contributed by atoms with Crippen LogP contribution in [0.15, 0.2) is 42.9 Å². The Hall–Kier alpha value is -2.61. The number of hydrogen-bond donors (Lipinski definition) is 1. The fourth-order valence-corrected chi connectivity index (χ4v) is 2.68. The zero-order valence-corrected chi connectivity index (χ0v) is 11.7. The molecule has 0 spiro atoms. The fraction of sp³-hybridized carbons (Fsp3) is 0.312. The van der Waals surface area contributed by atoms with Gasteiger partial charge >= 0.3 is 0 Å². The van der Waals surface area contributed by atoms with Crippen LogP contribution in [0.4, 0.5) is 11.5 Å². The molecule has 2 aromatic heterocycles. The van der Waals surface area contributed by atoms with Crippen molar-refractivity contribution in [2.24, 2.45) is 5.92 Å². The average molecular weight is 279 g/mol. The van der Waals surface area contributed by atoms with Crippen molar-refractivity contribution in [3.05, 3.63) is 48.4 Å². The number of nitrogens with zero attached hydrogens (tertiary/aromatic N) is 4. The second-order valence-corrected chi connectivity index (χ2v) is 5.20. The Balaban J connectivity index is 1.60. The summed E-state index contributed by atoms with van der Waals surface area (Å²) in [6, 6.07) is 10.0. The molecule has 5 nitrogen and oxygen atoms in total. The summed E-state index contributed by atoms with van der Waals surface area (Å²) in [4.78, 5) is 10.5. The predicted octanol–water partition coefficient (Wildman–Crippen LogP) is 2.29. The molecule has 1 N–H and O–H groups in total. The van der Waals surface area contributed by atoms with Crippen molar-refractivity contribution >= 4 is 11.5 Å². The summed E-state index contributed by atoms with van der Waals surface area (Å²) < 4.78 is 0. The maximum atomic E-state index is 9.16. The zero-order valence-electron chi connectivity index (χ0n) is 11.7. The number of pyridine rings is 2. The van der Waals surface area contributed by atoms with Crippen molar-refractivity contribution in [3.63, 3.8) is 0 Å². The minimum atomic E-state index is 0.562. The third-order valence-corrected chi connectivity index (χ3v) is 3.78. The maximum absolute atomic E-state index is 9.16. The second kappa shape index (κ2) is 6.23. The van der Waals surface area contributed by atoms with Gasteiger partial charge in [-0.1, -0.05) is 6.07 Å². The Morgan fingerprint density at radius 2 is 2.29 bits per heavy atom. The highest BCUT2D eigenvalue weighted by Gasteiger charge is 2.24. The van der Waals surface area contributed by atoms with Gasteiger partial charge in [0.25, 0.3) is 0 Å². The summed E-state index contributed by atoms with van der Waals surface area (Å²) in [7, 11) is 0. The van der Waals surface area contributed by atoms with Crippen LogP contribution in [0, 0.1) is 17.2 Å². The lowest BCUT2D eigenvalue weighted by atomic mass is 10.1. The van der Waals surface area contributed by atoms with Crippen molar-refractivity contribution in [2.75, 3.05) is 29.9 Å². The van der Waals surface area contributed by atoms with E-state index in [1.807, 2.05) is 24.3 Å². The molecule has 1 fully saturated rings. The average Bonchev–Trinajstić information content (AvgIpc) is 3.02. The molecule has 1 atom stereocenters. The number of hydrogen-bond acceptors (Lipinski definition) is 5. The van der Waals surface area contributed by atoms with Gasteiger partial charge in [-0.2, -0.15) is 5.26 Å². The van der Waals surface area contributed by atoms with Gasteiger partial charge in [0, 0.05) is 38.2 Å². The first-order valence-electron chi connectivity index (χ1n) is 7.11. The highest BCUT2D eigenvalue weighted by molar-refractivity contribution is 5.58. The fourth-order valence-electron chi connectivity index (χ4n) is 2.68. The van der Waals surface area contributed by atoms with Crippen LogP contribution in [0.25, 0.3) is 0 Å². The SMILES string of the molecule is N#Cc1cnccc1N1CCC(CNc2ccccn2)C1. The summed E-state index contributed by atoms with van der Waals surface area (Å²) in [5, 5.41) is 12.5.